The minimum Gasteiger partial charge on any atom is -0.391 e. The van der Waals surface area contributed by atoms with E-state index in [1.165, 1.54) is 19.3 Å². The minimum atomic E-state index is -0.325. The third-order valence-electron chi connectivity index (χ3n) is 6.75. The summed E-state index contributed by atoms with van der Waals surface area (Å²) in [5.74, 6) is 1.43. The summed E-state index contributed by atoms with van der Waals surface area (Å²) in [5, 5.41) is 13.1. The fourth-order valence-corrected chi connectivity index (χ4v) is 6.73. The SMILES string of the molecule is CC12CC3CC(C)(C1)CC(C(=O)NCC(O)C1CC1)(C3)C2. The molecule has 5 rings (SSSR count). The third-order valence-corrected chi connectivity index (χ3v) is 6.75. The number of hydrogen-bond acceptors (Lipinski definition) is 2. The molecule has 5 saturated carbocycles. The van der Waals surface area contributed by atoms with Crippen LogP contribution in [0.5, 0.6) is 0 Å². The largest absolute Gasteiger partial charge is 0.391 e. The van der Waals surface area contributed by atoms with Crippen LogP contribution in [0.15, 0.2) is 0 Å². The van der Waals surface area contributed by atoms with Crippen molar-refractivity contribution in [2.45, 2.75) is 71.3 Å². The van der Waals surface area contributed by atoms with Crippen molar-refractivity contribution in [3.05, 3.63) is 0 Å². The van der Waals surface area contributed by atoms with Gasteiger partial charge in [0.2, 0.25) is 5.91 Å². The number of rotatable bonds is 4. The predicted molar refractivity (Wildman–Crippen MR) is 81.6 cm³/mol. The Labute approximate surface area is 127 Å². The first-order valence-corrected chi connectivity index (χ1v) is 8.78. The van der Waals surface area contributed by atoms with Gasteiger partial charge < -0.3 is 10.4 Å². The van der Waals surface area contributed by atoms with Gasteiger partial charge in [0, 0.05) is 6.54 Å². The van der Waals surface area contributed by atoms with Crippen LogP contribution in [0.1, 0.15) is 65.2 Å². The van der Waals surface area contributed by atoms with E-state index in [-0.39, 0.29) is 17.4 Å². The number of amides is 1. The molecule has 0 heterocycles. The normalized spacial score (nSPS) is 49.2. The van der Waals surface area contributed by atoms with Gasteiger partial charge in [0.25, 0.3) is 0 Å². The summed E-state index contributed by atoms with van der Waals surface area (Å²) >= 11 is 0. The first-order chi connectivity index (χ1) is 9.82. The molecule has 0 radical (unpaired) electrons. The van der Waals surface area contributed by atoms with E-state index in [1.54, 1.807) is 0 Å². The van der Waals surface area contributed by atoms with E-state index in [0.29, 0.717) is 23.3 Å². The molecule has 118 valence electrons. The Balaban J connectivity index is 1.49. The lowest BCUT2D eigenvalue weighted by atomic mass is 9.40. The number of nitrogens with one attached hydrogen (secondary N) is 1. The first kappa shape index (κ1) is 14.0. The lowest BCUT2D eigenvalue weighted by Gasteiger charge is -2.64. The molecule has 2 N–H and O–H groups in total. The Morgan fingerprint density at radius 1 is 1.14 bits per heavy atom. The summed E-state index contributed by atoms with van der Waals surface area (Å²) in [6.45, 7) is 5.26. The molecule has 4 bridgehead atoms. The van der Waals surface area contributed by atoms with Crippen LogP contribution in [-0.2, 0) is 4.79 Å². The van der Waals surface area contributed by atoms with Crippen molar-refractivity contribution in [2.24, 2.45) is 28.1 Å². The molecule has 0 aromatic rings. The zero-order valence-electron chi connectivity index (χ0n) is 13.5. The van der Waals surface area contributed by atoms with Gasteiger partial charge in [0.1, 0.15) is 0 Å². The van der Waals surface area contributed by atoms with Crippen LogP contribution in [0.4, 0.5) is 0 Å². The second-order valence-corrected chi connectivity index (χ2v) is 9.53. The topological polar surface area (TPSA) is 49.3 Å². The molecular weight excluding hydrogens is 262 g/mol. The monoisotopic (exact) mass is 291 g/mol. The Morgan fingerprint density at radius 2 is 1.76 bits per heavy atom. The highest BCUT2D eigenvalue weighted by molar-refractivity contribution is 5.83. The highest BCUT2D eigenvalue weighted by Crippen LogP contribution is 2.69. The average Bonchev–Trinajstić information content (AvgIpc) is 3.14. The van der Waals surface area contributed by atoms with Gasteiger partial charge in [0.05, 0.1) is 11.5 Å². The smallest absolute Gasteiger partial charge is 0.226 e. The van der Waals surface area contributed by atoms with Gasteiger partial charge in [-0.1, -0.05) is 13.8 Å². The number of hydrogen-bond donors (Lipinski definition) is 2. The Morgan fingerprint density at radius 3 is 2.29 bits per heavy atom. The van der Waals surface area contributed by atoms with Crippen molar-refractivity contribution in [3.63, 3.8) is 0 Å². The Bertz CT molecular complexity index is 452. The predicted octanol–water partition coefficient (Wildman–Crippen LogP) is 2.87. The van der Waals surface area contributed by atoms with Gasteiger partial charge in [-0.05, 0) is 74.0 Å². The van der Waals surface area contributed by atoms with Crippen LogP contribution in [0, 0.1) is 28.1 Å². The van der Waals surface area contributed by atoms with E-state index in [9.17, 15) is 9.90 Å². The van der Waals surface area contributed by atoms with E-state index in [0.717, 1.165) is 38.0 Å². The fraction of sp³-hybridized carbons (Fsp3) is 0.944. The molecule has 3 heteroatoms. The lowest BCUT2D eigenvalue weighted by molar-refractivity contribution is -0.170. The molecule has 0 aliphatic heterocycles. The number of carbonyl (C=O) groups is 1. The van der Waals surface area contributed by atoms with Crippen molar-refractivity contribution in [1.82, 2.24) is 5.32 Å². The highest BCUT2D eigenvalue weighted by Gasteiger charge is 2.62. The van der Waals surface area contributed by atoms with Crippen molar-refractivity contribution >= 4 is 5.91 Å². The van der Waals surface area contributed by atoms with E-state index in [1.807, 2.05) is 0 Å². The Kier molecular flexibility index (Phi) is 2.84. The zero-order valence-corrected chi connectivity index (χ0v) is 13.5. The standard InChI is InChI=1S/C18H29NO2/c1-16-5-12-6-17(2,9-16)11-18(7-12,10-16)15(21)19-8-14(20)13-3-4-13/h12-14,20H,3-11H2,1-2H3,(H,19,21). The molecular formula is C18H29NO2. The van der Waals surface area contributed by atoms with E-state index < -0.39 is 0 Å². The van der Waals surface area contributed by atoms with Crippen LogP contribution in [0.2, 0.25) is 0 Å². The maximum Gasteiger partial charge on any atom is 0.226 e. The van der Waals surface area contributed by atoms with Crippen LogP contribution in [0.25, 0.3) is 0 Å². The summed E-state index contributed by atoms with van der Waals surface area (Å²) in [7, 11) is 0. The number of aliphatic hydroxyl groups is 1. The van der Waals surface area contributed by atoms with Gasteiger partial charge in [-0.15, -0.1) is 0 Å². The quantitative estimate of drug-likeness (QED) is 0.837. The maximum atomic E-state index is 12.9. The van der Waals surface area contributed by atoms with Gasteiger partial charge in [-0.3, -0.25) is 4.79 Å². The molecule has 0 aromatic heterocycles. The van der Waals surface area contributed by atoms with Crippen molar-refractivity contribution in [2.75, 3.05) is 6.54 Å². The van der Waals surface area contributed by atoms with E-state index in [4.69, 9.17) is 0 Å². The average molecular weight is 291 g/mol. The lowest BCUT2D eigenvalue weighted by Crippen LogP contribution is -2.60. The molecule has 3 nitrogen and oxygen atoms in total. The van der Waals surface area contributed by atoms with Gasteiger partial charge >= 0.3 is 0 Å². The molecule has 3 atom stereocenters. The van der Waals surface area contributed by atoms with Crippen molar-refractivity contribution in [3.8, 4) is 0 Å². The van der Waals surface area contributed by atoms with Crippen LogP contribution in [0.3, 0.4) is 0 Å². The number of aliphatic hydroxyl groups excluding tert-OH is 1. The highest BCUT2D eigenvalue weighted by atomic mass is 16.3. The van der Waals surface area contributed by atoms with Crippen molar-refractivity contribution < 1.29 is 9.90 Å². The summed E-state index contributed by atoms with van der Waals surface area (Å²) < 4.78 is 0. The summed E-state index contributed by atoms with van der Waals surface area (Å²) in [5.41, 5.74) is 0.618. The molecule has 0 aromatic carbocycles. The molecule has 1 amide bonds. The van der Waals surface area contributed by atoms with Crippen LogP contribution >= 0.6 is 0 Å². The number of carbonyl (C=O) groups excluding carboxylic acids is 1. The van der Waals surface area contributed by atoms with Gasteiger partial charge in [-0.25, -0.2) is 0 Å². The van der Waals surface area contributed by atoms with Gasteiger partial charge in [0.15, 0.2) is 0 Å². The molecule has 0 spiro atoms. The van der Waals surface area contributed by atoms with E-state index >= 15 is 0 Å². The van der Waals surface area contributed by atoms with Crippen LogP contribution < -0.4 is 5.32 Å². The molecule has 5 fully saturated rings. The summed E-state index contributed by atoms with van der Waals surface area (Å²) in [4.78, 5) is 12.9. The molecule has 0 saturated heterocycles. The molecule has 5 aliphatic carbocycles. The molecule has 5 aliphatic rings. The maximum absolute atomic E-state index is 12.9. The van der Waals surface area contributed by atoms with Gasteiger partial charge in [-0.2, -0.15) is 0 Å². The zero-order chi connectivity index (χ0) is 14.9. The second-order valence-electron chi connectivity index (χ2n) is 9.53. The van der Waals surface area contributed by atoms with Crippen LogP contribution in [-0.4, -0.2) is 23.7 Å². The fourth-order valence-electron chi connectivity index (χ4n) is 6.73. The summed E-state index contributed by atoms with van der Waals surface area (Å²) in [6.07, 6.45) is 9.09. The molecule has 3 unspecified atom stereocenters. The third kappa shape index (κ3) is 2.32. The van der Waals surface area contributed by atoms with Crippen molar-refractivity contribution in [1.29, 1.82) is 0 Å². The second kappa shape index (κ2) is 4.24. The first-order valence-electron chi connectivity index (χ1n) is 8.78. The minimum absolute atomic E-state index is 0.133. The Hall–Kier alpha value is -0.570. The summed E-state index contributed by atoms with van der Waals surface area (Å²) in [6, 6.07) is 0. The molecule has 21 heavy (non-hydrogen) atoms. The van der Waals surface area contributed by atoms with E-state index in [2.05, 4.69) is 19.2 Å².